The van der Waals surface area contributed by atoms with Crippen LogP contribution in [0.25, 0.3) is 16.8 Å². The van der Waals surface area contributed by atoms with E-state index in [0.717, 1.165) is 38.0 Å². The van der Waals surface area contributed by atoms with Crippen LogP contribution in [-0.4, -0.2) is 30.8 Å². The zero-order chi connectivity index (χ0) is 25.2. The van der Waals surface area contributed by atoms with Crippen LogP contribution < -0.4 is 14.2 Å². The molecule has 1 heterocycles. The highest BCUT2D eigenvalue weighted by atomic mass is 32.1. The molecule has 0 radical (unpaired) electrons. The topological polar surface area (TPSA) is 99.4 Å². The summed E-state index contributed by atoms with van der Waals surface area (Å²) in [5.74, 6) is 0.991. The molecule has 1 amide bonds. The minimum Gasteiger partial charge on any atom is -0.497 e. The largest absolute Gasteiger partial charge is 0.497 e. The van der Waals surface area contributed by atoms with Crippen LogP contribution >= 0.6 is 11.3 Å². The van der Waals surface area contributed by atoms with Crippen molar-refractivity contribution in [3.8, 4) is 28.5 Å². The molecule has 35 heavy (non-hydrogen) atoms. The third-order valence-corrected chi connectivity index (χ3v) is 5.92. The first-order chi connectivity index (χ1) is 17.0. The number of methoxy groups -OCH3 is 1. The maximum Gasteiger partial charge on any atom is 0.323 e. The Balaban J connectivity index is 1.84. The van der Waals surface area contributed by atoms with Crippen molar-refractivity contribution in [3.05, 3.63) is 81.7 Å². The molecule has 0 saturated heterocycles. The molecule has 0 aliphatic heterocycles. The molecule has 2 aromatic carbocycles. The standard InChI is InChI=1S/C26H25N3O5S/c1-5-18(14-27-6-2)26-25(19-7-9-20(32-4)10-8-19)28-24(35-26)16-33-21-11-12-22(17(3)13-21)34-15-23(30)29-31/h5-14H,1,15-16H2,2-4H3/b18-14+,27-6?. The molecule has 3 rings (SSSR count). The van der Waals surface area contributed by atoms with E-state index in [1.807, 2.05) is 38.1 Å². The van der Waals surface area contributed by atoms with E-state index in [1.54, 1.807) is 43.8 Å². The van der Waals surface area contributed by atoms with Crippen molar-refractivity contribution in [2.45, 2.75) is 20.5 Å². The van der Waals surface area contributed by atoms with Gasteiger partial charge in [-0.2, -0.15) is 0 Å². The van der Waals surface area contributed by atoms with E-state index < -0.39 is 12.5 Å². The molecular weight excluding hydrogens is 466 g/mol. The van der Waals surface area contributed by atoms with Crippen LogP contribution in [0.4, 0.5) is 0 Å². The lowest BCUT2D eigenvalue weighted by molar-refractivity contribution is -0.119. The monoisotopic (exact) mass is 491 g/mol. The lowest BCUT2D eigenvalue weighted by Crippen LogP contribution is -2.08. The molecule has 0 fully saturated rings. The summed E-state index contributed by atoms with van der Waals surface area (Å²) < 4.78 is 16.6. The number of nitroso groups, excluding NO2 is 1. The first-order valence-corrected chi connectivity index (χ1v) is 11.5. The number of rotatable bonds is 11. The van der Waals surface area contributed by atoms with Crippen LogP contribution in [0.3, 0.4) is 0 Å². The van der Waals surface area contributed by atoms with E-state index in [1.165, 1.54) is 11.3 Å². The van der Waals surface area contributed by atoms with E-state index in [9.17, 15) is 9.70 Å². The molecule has 9 heteroatoms. The second-order valence-electron chi connectivity index (χ2n) is 7.20. The smallest absolute Gasteiger partial charge is 0.323 e. The summed E-state index contributed by atoms with van der Waals surface area (Å²) in [6.45, 7) is 7.45. The van der Waals surface area contributed by atoms with Crippen molar-refractivity contribution in [2.24, 2.45) is 10.2 Å². The quantitative estimate of drug-likeness (QED) is 0.185. The van der Waals surface area contributed by atoms with E-state index in [0.29, 0.717) is 11.5 Å². The third-order valence-electron chi connectivity index (χ3n) is 4.84. The van der Waals surface area contributed by atoms with Gasteiger partial charge in [0, 0.05) is 28.7 Å². The van der Waals surface area contributed by atoms with Gasteiger partial charge in [-0.1, -0.05) is 12.7 Å². The van der Waals surface area contributed by atoms with Crippen LogP contribution in [-0.2, 0) is 11.4 Å². The minimum absolute atomic E-state index is 0.252. The highest BCUT2D eigenvalue weighted by molar-refractivity contribution is 7.13. The van der Waals surface area contributed by atoms with Crippen molar-refractivity contribution in [3.63, 3.8) is 0 Å². The Labute approximate surface area is 207 Å². The van der Waals surface area contributed by atoms with Gasteiger partial charge in [0.25, 0.3) is 0 Å². The van der Waals surface area contributed by atoms with Gasteiger partial charge in [-0.25, -0.2) is 4.98 Å². The number of carbonyl (C=O) groups excluding carboxylic acids is 1. The number of carbonyl (C=O) groups is 1. The van der Waals surface area contributed by atoms with Gasteiger partial charge in [-0.15, -0.1) is 16.2 Å². The van der Waals surface area contributed by atoms with Gasteiger partial charge in [-0.3, -0.25) is 9.79 Å². The van der Waals surface area contributed by atoms with Crippen LogP contribution in [0.5, 0.6) is 17.2 Å². The number of benzene rings is 2. The molecule has 0 saturated carbocycles. The van der Waals surface area contributed by atoms with Gasteiger partial charge in [0.05, 0.1) is 17.7 Å². The van der Waals surface area contributed by atoms with Crippen molar-refractivity contribution in [2.75, 3.05) is 13.7 Å². The van der Waals surface area contributed by atoms with Crippen molar-refractivity contribution < 1.29 is 19.0 Å². The van der Waals surface area contributed by atoms with E-state index in [4.69, 9.17) is 19.2 Å². The summed E-state index contributed by atoms with van der Waals surface area (Å²) in [5.41, 5.74) is 3.36. The van der Waals surface area contributed by atoms with Crippen LogP contribution in [0, 0.1) is 11.8 Å². The summed E-state index contributed by atoms with van der Waals surface area (Å²) in [7, 11) is 1.63. The second kappa shape index (κ2) is 12.4. The number of hydrogen-bond donors (Lipinski definition) is 0. The van der Waals surface area contributed by atoms with Gasteiger partial charge in [0.2, 0.25) is 0 Å². The summed E-state index contributed by atoms with van der Waals surface area (Å²) >= 11 is 1.50. The Morgan fingerprint density at radius 1 is 1.14 bits per heavy atom. The van der Waals surface area contributed by atoms with E-state index >= 15 is 0 Å². The van der Waals surface area contributed by atoms with Gasteiger partial charge in [0.15, 0.2) is 6.61 Å². The van der Waals surface area contributed by atoms with Gasteiger partial charge < -0.3 is 14.2 Å². The number of amides is 1. The van der Waals surface area contributed by atoms with Crippen molar-refractivity contribution in [1.29, 1.82) is 0 Å². The highest BCUT2D eigenvalue weighted by Gasteiger charge is 2.16. The molecule has 0 aliphatic rings. The summed E-state index contributed by atoms with van der Waals surface area (Å²) in [6, 6.07) is 12.9. The Morgan fingerprint density at radius 3 is 2.51 bits per heavy atom. The minimum atomic E-state index is -0.866. The lowest BCUT2D eigenvalue weighted by Gasteiger charge is -2.09. The summed E-state index contributed by atoms with van der Waals surface area (Å²) in [6.07, 6.45) is 5.22. The van der Waals surface area contributed by atoms with Crippen LogP contribution in [0.1, 0.15) is 22.4 Å². The average molecular weight is 492 g/mol. The number of aromatic nitrogens is 1. The number of hydrogen-bond acceptors (Lipinski definition) is 8. The Bertz CT molecular complexity index is 1260. The molecule has 0 aliphatic carbocycles. The third kappa shape index (κ3) is 6.70. The summed E-state index contributed by atoms with van der Waals surface area (Å²) in [5, 5.41) is 3.10. The molecular formula is C26H25N3O5S. The Kier molecular flexibility index (Phi) is 9.02. The molecule has 0 atom stereocenters. The first kappa shape index (κ1) is 25.5. The van der Waals surface area contributed by atoms with Crippen LogP contribution in [0.2, 0.25) is 0 Å². The number of aryl methyl sites for hydroxylation is 1. The second-order valence-corrected chi connectivity index (χ2v) is 8.28. The fraction of sp³-hybridized carbons (Fsp3) is 0.192. The van der Waals surface area contributed by atoms with Crippen molar-refractivity contribution >= 4 is 29.0 Å². The molecule has 0 bridgehead atoms. The molecule has 8 nitrogen and oxygen atoms in total. The maximum absolute atomic E-state index is 11.1. The first-order valence-electron chi connectivity index (χ1n) is 10.7. The fourth-order valence-corrected chi connectivity index (χ4v) is 4.11. The number of allylic oxidation sites excluding steroid dienone is 2. The predicted molar refractivity (Wildman–Crippen MR) is 138 cm³/mol. The number of nitrogens with zero attached hydrogens (tertiary/aromatic N) is 3. The number of ether oxygens (including phenoxy) is 3. The fourth-order valence-electron chi connectivity index (χ4n) is 3.11. The zero-order valence-electron chi connectivity index (χ0n) is 19.7. The Morgan fingerprint density at radius 2 is 1.89 bits per heavy atom. The molecule has 180 valence electrons. The van der Waals surface area contributed by atoms with Gasteiger partial charge in [-0.05, 0) is 61.9 Å². The van der Waals surface area contributed by atoms with Crippen LogP contribution in [0.15, 0.2) is 71.5 Å². The lowest BCUT2D eigenvalue weighted by atomic mass is 10.1. The predicted octanol–water partition coefficient (Wildman–Crippen LogP) is 6.00. The zero-order valence-corrected chi connectivity index (χ0v) is 20.5. The normalized spacial score (nSPS) is 11.3. The van der Waals surface area contributed by atoms with E-state index in [-0.39, 0.29) is 6.61 Å². The van der Waals surface area contributed by atoms with Gasteiger partial charge in [0.1, 0.15) is 28.9 Å². The SMILES string of the molecule is C=C/C(=C\N=CC)c1sc(COc2ccc(OCC(=O)N=O)c(C)c2)nc1-c1ccc(OC)cc1. The number of aliphatic imine (C=N–C) groups is 1. The summed E-state index contributed by atoms with van der Waals surface area (Å²) in [4.78, 5) is 31.3. The highest BCUT2D eigenvalue weighted by Crippen LogP contribution is 2.35. The molecule has 3 aromatic rings. The van der Waals surface area contributed by atoms with Crippen molar-refractivity contribution in [1.82, 2.24) is 4.98 Å². The molecule has 0 N–H and O–H groups in total. The van der Waals surface area contributed by atoms with Gasteiger partial charge >= 0.3 is 5.91 Å². The average Bonchev–Trinajstić information content (AvgIpc) is 3.31. The van der Waals surface area contributed by atoms with E-state index in [2.05, 4.69) is 16.7 Å². The Hall–Kier alpha value is -4.11. The molecule has 0 spiro atoms. The molecule has 1 aromatic heterocycles. The maximum atomic E-state index is 11.1. The number of thiazole rings is 1. The molecule has 0 unspecified atom stereocenters.